The second kappa shape index (κ2) is 12.6. The molecule has 4 rings (SSSR count). The molecule has 0 spiro atoms. The third kappa shape index (κ3) is 7.06. The summed E-state index contributed by atoms with van der Waals surface area (Å²) in [5, 5.41) is 0. The molecule has 0 aliphatic heterocycles. The monoisotopic (exact) mass is 454 g/mol. The fraction of sp³-hybridized carbons (Fsp3) is 0.406. The Labute approximate surface area is 205 Å². The van der Waals surface area contributed by atoms with E-state index in [1.54, 1.807) is 0 Å². The Bertz CT molecular complexity index is 997. The lowest BCUT2D eigenvalue weighted by Crippen LogP contribution is -2.13. The molecule has 0 radical (unpaired) electrons. The highest BCUT2D eigenvalue weighted by atomic mass is 16.5. The first kappa shape index (κ1) is 24.3. The van der Waals surface area contributed by atoms with Gasteiger partial charge in [-0.25, -0.2) is 0 Å². The van der Waals surface area contributed by atoms with Crippen LogP contribution in [-0.2, 0) is 11.2 Å². The van der Waals surface area contributed by atoms with E-state index >= 15 is 0 Å². The van der Waals surface area contributed by atoms with Crippen LogP contribution in [0.25, 0.3) is 11.1 Å². The van der Waals surface area contributed by atoms with Gasteiger partial charge in [-0.1, -0.05) is 86.5 Å². The van der Waals surface area contributed by atoms with E-state index in [4.69, 9.17) is 4.74 Å². The van der Waals surface area contributed by atoms with Gasteiger partial charge in [0.05, 0.1) is 0 Å². The number of unbranched alkanes of at least 4 members (excludes halogenated alkanes) is 1. The molecule has 0 unspecified atom stereocenters. The summed E-state index contributed by atoms with van der Waals surface area (Å²) in [5.74, 6) is 2.13. The summed E-state index contributed by atoms with van der Waals surface area (Å²) in [4.78, 5) is 12.3. The van der Waals surface area contributed by atoms with Gasteiger partial charge in [-0.15, -0.1) is 0 Å². The van der Waals surface area contributed by atoms with Crippen LogP contribution < -0.4 is 4.74 Å². The van der Waals surface area contributed by atoms with Crippen molar-refractivity contribution in [2.45, 2.75) is 77.0 Å². The van der Waals surface area contributed by atoms with Gasteiger partial charge in [-0.05, 0) is 91.2 Å². The number of esters is 1. The van der Waals surface area contributed by atoms with Crippen molar-refractivity contribution in [2.75, 3.05) is 0 Å². The summed E-state index contributed by atoms with van der Waals surface area (Å²) in [6, 6.07) is 27.4. The molecule has 0 N–H and O–H groups in total. The molecule has 0 bridgehead atoms. The maximum atomic E-state index is 12.3. The molecule has 178 valence electrons. The number of rotatable bonds is 10. The normalized spacial score (nSPS) is 17.9. The van der Waals surface area contributed by atoms with E-state index in [-0.39, 0.29) is 5.97 Å². The number of hydrogen-bond donors (Lipinski definition) is 0. The molecule has 34 heavy (non-hydrogen) atoms. The third-order valence-electron chi connectivity index (χ3n) is 7.28. The molecule has 1 saturated carbocycles. The van der Waals surface area contributed by atoms with Crippen molar-refractivity contribution in [3.05, 3.63) is 90.0 Å². The average Bonchev–Trinajstić information content (AvgIpc) is 2.89. The molecule has 0 aromatic heterocycles. The van der Waals surface area contributed by atoms with Gasteiger partial charge < -0.3 is 4.74 Å². The number of carbonyl (C=O) groups excluding carboxylic acids is 1. The fourth-order valence-electron chi connectivity index (χ4n) is 5.28. The molecule has 3 aromatic carbocycles. The van der Waals surface area contributed by atoms with Crippen LogP contribution >= 0.6 is 0 Å². The minimum atomic E-state index is -0.132. The van der Waals surface area contributed by atoms with Gasteiger partial charge in [0.2, 0.25) is 0 Å². The van der Waals surface area contributed by atoms with Crippen LogP contribution in [0.3, 0.4) is 0 Å². The van der Waals surface area contributed by atoms with Gasteiger partial charge in [0.15, 0.2) is 0 Å². The SMILES string of the molecule is CCCC1CCC(c2ccc(OC(=O)CCCCc3ccc(-c4ccccc4)cc3)cc2)CC1. The molecular weight excluding hydrogens is 416 g/mol. The van der Waals surface area contributed by atoms with Crippen LogP contribution in [0, 0.1) is 5.92 Å². The van der Waals surface area contributed by atoms with E-state index in [1.807, 2.05) is 18.2 Å². The van der Waals surface area contributed by atoms with E-state index in [2.05, 4.69) is 67.6 Å². The van der Waals surface area contributed by atoms with Gasteiger partial charge in [-0.3, -0.25) is 4.79 Å². The Hall–Kier alpha value is -2.87. The number of benzene rings is 3. The lowest BCUT2D eigenvalue weighted by atomic mass is 9.77. The second-order valence-electron chi connectivity index (χ2n) is 9.82. The zero-order valence-corrected chi connectivity index (χ0v) is 20.5. The van der Waals surface area contributed by atoms with Crippen molar-refractivity contribution in [3.8, 4) is 16.9 Å². The number of hydrogen-bond acceptors (Lipinski definition) is 2. The zero-order chi connectivity index (χ0) is 23.6. The van der Waals surface area contributed by atoms with E-state index in [1.165, 1.54) is 60.8 Å². The maximum absolute atomic E-state index is 12.3. The Morgan fingerprint density at radius 2 is 1.47 bits per heavy atom. The van der Waals surface area contributed by atoms with Crippen LogP contribution in [0.2, 0.25) is 0 Å². The molecular formula is C32H38O2. The van der Waals surface area contributed by atoms with Crippen LogP contribution in [0.15, 0.2) is 78.9 Å². The highest BCUT2D eigenvalue weighted by Crippen LogP contribution is 2.37. The summed E-state index contributed by atoms with van der Waals surface area (Å²) in [5.41, 5.74) is 5.19. The predicted octanol–water partition coefficient (Wildman–Crippen LogP) is 8.75. The van der Waals surface area contributed by atoms with E-state index < -0.39 is 0 Å². The molecule has 2 heteroatoms. The lowest BCUT2D eigenvalue weighted by molar-refractivity contribution is -0.134. The van der Waals surface area contributed by atoms with Crippen molar-refractivity contribution in [1.82, 2.24) is 0 Å². The van der Waals surface area contributed by atoms with Crippen molar-refractivity contribution < 1.29 is 9.53 Å². The van der Waals surface area contributed by atoms with Gasteiger partial charge in [0.1, 0.15) is 5.75 Å². The largest absolute Gasteiger partial charge is 0.427 e. The standard InChI is InChI=1S/C32H38O2/c1-2-8-25-13-17-29(18-14-25)30-21-23-31(24-22-30)34-32(33)12-7-6-9-26-15-19-28(20-16-26)27-10-4-3-5-11-27/h3-5,10-11,15-16,19-25,29H,2,6-9,12-14,17-18H2,1H3. The topological polar surface area (TPSA) is 26.3 Å². The predicted molar refractivity (Wildman–Crippen MR) is 141 cm³/mol. The van der Waals surface area contributed by atoms with Crippen molar-refractivity contribution in [1.29, 1.82) is 0 Å². The van der Waals surface area contributed by atoms with Gasteiger partial charge in [0.25, 0.3) is 0 Å². The Morgan fingerprint density at radius 1 is 0.794 bits per heavy atom. The molecule has 0 atom stereocenters. The van der Waals surface area contributed by atoms with E-state index in [0.717, 1.165) is 25.2 Å². The third-order valence-corrected chi connectivity index (χ3v) is 7.28. The zero-order valence-electron chi connectivity index (χ0n) is 20.5. The number of aryl methyl sites for hydroxylation is 1. The minimum absolute atomic E-state index is 0.132. The molecule has 1 fully saturated rings. The highest BCUT2D eigenvalue weighted by Gasteiger charge is 2.21. The molecule has 1 aliphatic rings. The average molecular weight is 455 g/mol. The minimum Gasteiger partial charge on any atom is -0.427 e. The van der Waals surface area contributed by atoms with E-state index in [9.17, 15) is 4.79 Å². The van der Waals surface area contributed by atoms with Crippen molar-refractivity contribution in [2.24, 2.45) is 5.92 Å². The fourth-order valence-corrected chi connectivity index (χ4v) is 5.28. The Morgan fingerprint density at radius 3 is 2.15 bits per heavy atom. The maximum Gasteiger partial charge on any atom is 0.311 e. The molecule has 0 saturated heterocycles. The summed E-state index contributed by atoms with van der Waals surface area (Å²) in [6.07, 6.45) is 11.2. The Kier molecular flexibility index (Phi) is 8.96. The second-order valence-corrected chi connectivity index (χ2v) is 9.82. The number of ether oxygens (including phenoxy) is 1. The first-order chi connectivity index (χ1) is 16.7. The first-order valence-corrected chi connectivity index (χ1v) is 13.2. The van der Waals surface area contributed by atoms with Crippen LogP contribution in [0.5, 0.6) is 5.75 Å². The van der Waals surface area contributed by atoms with Gasteiger partial charge in [0, 0.05) is 6.42 Å². The number of carbonyl (C=O) groups is 1. The smallest absolute Gasteiger partial charge is 0.311 e. The highest BCUT2D eigenvalue weighted by molar-refractivity contribution is 5.72. The lowest BCUT2D eigenvalue weighted by Gasteiger charge is -2.28. The van der Waals surface area contributed by atoms with Gasteiger partial charge in [-0.2, -0.15) is 0 Å². The molecule has 2 nitrogen and oxygen atoms in total. The molecule has 3 aromatic rings. The first-order valence-electron chi connectivity index (χ1n) is 13.2. The van der Waals surface area contributed by atoms with Gasteiger partial charge >= 0.3 is 5.97 Å². The van der Waals surface area contributed by atoms with Crippen molar-refractivity contribution >= 4 is 5.97 Å². The summed E-state index contributed by atoms with van der Waals surface area (Å²) < 4.78 is 5.58. The summed E-state index contributed by atoms with van der Waals surface area (Å²) >= 11 is 0. The molecule has 0 amide bonds. The van der Waals surface area contributed by atoms with Crippen LogP contribution in [0.4, 0.5) is 0 Å². The van der Waals surface area contributed by atoms with Crippen LogP contribution in [-0.4, -0.2) is 5.97 Å². The quantitative estimate of drug-likeness (QED) is 0.174. The molecule has 0 heterocycles. The van der Waals surface area contributed by atoms with Crippen LogP contribution in [0.1, 0.15) is 81.8 Å². The summed E-state index contributed by atoms with van der Waals surface area (Å²) in [6.45, 7) is 2.29. The van der Waals surface area contributed by atoms with E-state index in [0.29, 0.717) is 18.1 Å². The summed E-state index contributed by atoms with van der Waals surface area (Å²) in [7, 11) is 0. The van der Waals surface area contributed by atoms with Crippen molar-refractivity contribution in [3.63, 3.8) is 0 Å². The Balaban J connectivity index is 1.15. The molecule has 1 aliphatic carbocycles.